The minimum Gasteiger partial charge on any atom is -0.465 e. The summed E-state index contributed by atoms with van der Waals surface area (Å²) in [6.45, 7) is 0. The molecule has 0 atom stereocenters. The Morgan fingerprint density at radius 3 is 2.67 bits per heavy atom. The Hall–Kier alpha value is -3.77. The van der Waals surface area contributed by atoms with Gasteiger partial charge in [-0.2, -0.15) is 5.26 Å². The van der Waals surface area contributed by atoms with Crippen LogP contribution in [0.15, 0.2) is 36.8 Å². The number of esters is 1. The predicted molar refractivity (Wildman–Crippen MR) is 104 cm³/mol. The van der Waals surface area contributed by atoms with Crippen molar-refractivity contribution in [1.82, 2.24) is 18.9 Å². The van der Waals surface area contributed by atoms with Crippen molar-refractivity contribution in [3.63, 3.8) is 0 Å². The van der Waals surface area contributed by atoms with Gasteiger partial charge >= 0.3 is 5.97 Å². The molecule has 0 aliphatic rings. The number of halogens is 3. The second-order valence-corrected chi connectivity index (χ2v) is 6.69. The van der Waals surface area contributed by atoms with Gasteiger partial charge in [-0.25, -0.2) is 23.5 Å². The van der Waals surface area contributed by atoms with E-state index >= 15 is 0 Å². The number of pyridine rings is 1. The van der Waals surface area contributed by atoms with Crippen LogP contribution in [0.3, 0.4) is 0 Å². The fourth-order valence-electron chi connectivity index (χ4n) is 3.15. The van der Waals surface area contributed by atoms with E-state index in [0.29, 0.717) is 0 Å². The van der Waals surface area contributed by atoms with Gasteiger partial charge in [0.1, 0.15) is 28.3 Å². The van der Waals surface area contributed by atoms with E-state index in [1.807, 2.05) is 6.07 Å². The van der Waals surface area contributed by atoms with Crippen LogP contribution in [0.4, 0.5) is 8.78 Å². The summed E-state index contributed by atoms with van der Waals surface area (Å²) in [5.41, 5.74) is 0.365. The third kappa shape index (κ3) is 2.89. The van der Waals surface area contributed by atoms with E-state index in [0.717, 1.165) is 6.07 Å². The molecule has 0 saturated carbocycles. The fraction of sp³-hybridized carbons (Fsp3) is 0.100. The molecule has 150 valence electrons. The number of carbonyl (C=O) groups is 1. The lowest BCUT2D eigenvalue weighted by atomic mass is 10.00. The molecule has 4 rings (SSSR count). The average molecular weight is 428 g/mol. The van der Waals surface area contributed by atoms with Crippen LogP contribution in [0, 0.1) is 23.0 Å². The number of ether oxygens (including phenoxy) is 1. The number of hydrogen-bond acceptors (Lipinski definition) is 5. The van der Waals surface area contributed by atoms with Crippen molar-refractivity contribution in [2.45, 2.75) is 0 Å². The molecule has 7 nitrogen and oxygen atoms in total. The second kappa shape index (κ2) is 7.24. The third-order valence-electron chi connectivity index (χ3n) is 4.61. The van der Waals surface area contributed by atoms with Gasteiger partial charge in [0.25, 0.3) is 0 Å². The Kier molecular flexibility index (Phi) is 4.72. The first-order valence-electron chi connectivity index (χ1n) is 8.53. The number of methoxy groups -OCH3 is 1. The summed E-state index contributed by atoms with van der Waals surface area (Å²) in [7, 11) is 2.88. The van der Waals surface area contributed by atoms with E-state index in [2.05, 4.69) is 14.7 Å². The molecule has 0 fully saturated rings. The van der Waals surface area contributed by atoms with Gasteiger partial charge in [-0.3, -0.25) is 4.40 Å². The van der Waals surface area contributed by atoms with Gasteiger partial charge < -0.3 is 9.30 Å². The van der Waals surface area contributed by atoms with Crippen LogP contribution in [0.2, 0.25) is 5.15 Å². The second-order valence-electron chi connectivity index (χ2n) is 6.33. The molecule has 0 bridgehead atoms. The lowest BCUT2D eigenvalue weighted by Crippen LogP contribution is -2.02. The van der Waals surface area contributed by atoms with E-state index < -0.39 is 17.6 Å². The number of carbonyl (C=O) groups excluding carboxylic acids is 1. The Balaban J connectivity index is 2.05. The van der Waals surface area contributed by atoms with E-state index in [9.17, 15) is 18.8 Å². The van der Waals surface area contributed by atoms with Crippen molar-refractivity contribution in [2.24, 2.45) is 7.05 Å². The minimum atomic E-state index is -1.19. The van der Waals surface area contributed by atoms with E-state index in [-0.39, 0.29) is 44.6 Å². The number of imidazole rings is 2. The quantitative estimate of drug-likeness (QED) is 0.461. The number of nitrogens with zero attached hydrogens (tertiary/aromatic N) is 5. The number of benzene rings is 1. The Morgan fingerprint density at radius 1 is 1.27 bits per heavy atom. The molecule has 0 N–H and O–H groups in total. The molecular formula is C20H12ClF2N5O2. The lowest BCUT2D eigenvalue weighted by Gasteiger charge is -2.09. The van der Waals surface area contributed by atoms with Gasteiger partial charge in [-0.1, -0.05) is 11.6 Å². The normalized spacial score (nSPS) is 10.9. The van der Waals surface area contributed by atoms with Crippen molar-refractivity contribution in [3.8, 4) is 28.6 Å². The predicted octanol–water partition coefficient (Wildman–Crippen LogP) is 3.99. The van der Waals surface area contributed by atoms with Crippen molar-refractivity contribution in [2.75, 3.05) is 7.11 Å². The van der Waals surface area contributed by atoms with Gasteiger partial charge in [-0.05, 0) is 24.3 Å². The Labute approximate surface area is 173 Å². The maximum Gasteiger partial charge on any atom is 0.338 e. The largest absolute Gasteiger partial charge is 0.465 e. The molecule has 1 aromatic carbocycles. The summed E-state index contributed by atoms with van der Waals surface area (Å²) in [5, 5.41) is 9.91. The van der Waals surface area contributed by atoms with Gasteiger partial charge in [-0.15, -0.1) is 0 Å². The van der Waals surface area contributed by atoms with Crippen molar-refractivity contribution < 1.29 is 18.3 Å². The Morgan fingerprint density at radius 2 is 2.03 bits per heavy atom. The van der Waals surface area contributed by atoms with E-state index in [1.54, 1.807) is 7.05 Å². The van der Waals surface area contributed by atoms with Crippen LogP contribution in [0.5, 0.6) is 0 Å². The molecule has 10 heteroatoms. The number of nitriles is 1. The molecule has 0 saturated heterocycles. The van der Waals surface area contributed by atoms with E-state index in [1.165, 1.54) is 46.8 Å². The van der Waals surface area contributed by atoms with Crippen LogP contribution in [0.1, 0.15) is 16.1 Å². The van der Waals surface area contributed by atoms with Crippen LogP contribution in [-0.2, 0) is 11.8 Å². The van der Waals surface area contributed by atoms with Crippen molar-refractivity contribution in [1.29, 1.82) is 5.26 Å². The molecular weight excluding hydrogens is 416 g/mol. The number of aryl methyl sites for hydroxylation is 1. The zero-order valence-electron chi connectivity index (χ0n) is 15.7. The topological polar surface area (TPSA) is 85.2 Å². The molecule has 0 spiro atoms. The Bertz CT molecular complexity index is 1370. The molecule has 30 heavy (non-hydrogen) atoms. The van der Waals surface area contributed by atoms with Crippen LogP contribution < -0.4 is 0 Å². The number of rotatable bonds is 3. The zero-order valence-corrected chi connectivity index (χ0v) is 16.4. The number of fused-ring (bicyclic) bond motifs is 1. The summed E-state index contributed by atoms with van der Waals surface area (Å²) in [4.78, 5) is 20.3. The highest BCUT2D eigenvalue weighted by atomic mass is 35.5. The molecule has 3 heterocycles. The molecule has 0 aliphatic carbocycles. The fourth-order valence-corrected chi connectivity index (χ4v) is 3.34. The lowest BCUT2D eigenvalue weighted by molar-refractivity contribution is 0.0600. The maximum absolute atomic E-state index is 15.0. The monoisotopic (exact) mass is 427 g/mol. The standard InChI is InChI=1S/C20H12ClF2N5O2/c1-27-9-25-17(19(27)21)11-3-4-12(22)16(23)15(11)18-13(8-24)28-6-5-10(20(29)30-2)7-14(28)26-18/h3-7,9H,1-2H3. The summed E-state index contributed by atoms with van der Waals surface area (Å²) in [6, 6.07) is 7.07. The van der Waals surface area contributed by atoms with Crippen molar-refractivity contribution in [3.05, 3.63) is 64.8 Å². The van der Waals surface area contributed by atoms with Crippen molar-refractivity contribution >= 4 is 23.2 Å². The zero-order chi connectivity index (χ0) is 21.6. The summed E-state index contributed by atoms with van der Waals surface area (Å²) in [5.74, 6) is -2.90. The van der Waals surface area contributed by atoms with Crippen LogP contribution in [0.25, 0.3) is 28.2 Å². The average Bonchev–Trinajstić information content (AvgIpc) is 3.28. The first-order valence-corrected chi connectivity index (χ1v) is 8.91. The van der Waals surface area contributed by atoms with Gasteiger partial charge in [0.2, 0.25) is 0 Å². The highest BCUT2D eigenvalue weighted by Crippen LogP contribution is 2.38. The van der Waals surface area contributed by atoms with Crippen LogP contribution in [-0.4, -0.2) is 32.0 Å². The SMILES string of the molecule is COC(=O)c1ccn2c(C#N)c(-c3c(-c4ncn(C)c4Cl)ccc(F)c3F)nc2c1. The highest BCUT2D eigenvalue weighted by molar-refractivity contribution is 6.32. The minimum absolute atomic E-state index is 0.0424. The summed E-state index contributed by atoms with van der Waals surface area (Å²) < 4.78 is 36.7. The molecule has 0 unspecified atom stereocenters. The summed E-state index contributed by atoms with van der Waals surface area (Å²) >= 11 is 6.26. The van der Waals surface area contributed by atoms with Gasteiger partial charge in [0, 0.05) is 18.8 Å². The van der Waals surface area contributed by atoms with Crippen LogP contribution >= 0.6 is 11.6 Å². The number of hydrogen-bond donors (Lipinski definition) is 0. The molecule has 4 aromatic rings. The summed E-state index contributed by atoms with van der Waals surface area (Å²) in [6.07, 6.45) is 2.86. The third-order valence-corrected chi connectivity index (χ3v) is 5.05. The maximum atomic E-state index is 15.0. The molecule has 3 aromatic heterocycles. The molecule has 0 aliphatic heterocycles. The van der Waals surface area contributed by atoms with E-state index in [4.69, 9.17) is 11.6 Å². The van der Waals surface area contributed by atoms with Gasteiger partial charge in [0.05, 0.1) is 24.6 Å². The molecule has 0 radical (unpaired) electrons. The first kappa shape index (κ1) is 19.5. The highest BCUT2D eigenvalue weighted by Gasteiger charge is 2.26. The smallest absolute Gasteiger partial charge is 0.338 e. The van der Waals surface area contributed by atoms with Gasteiger partial charge in [0.15, 0.2) is 17.3 Å². The first-order chi connectivity index (χ1) is 14.4. The number of aromatic nitrogens is 4. The molecule has 0 amide bonds.